The van der Waals surface area contributed by atoms with E-state index in [0.717, 1.165) is 23.3 Å². The summed E-state index contributed by atoms with van der Waals surface area (Å²) in [6.07, 6.45) is 4.67. The van der Waals surface area contributed by atoms with Crippen molar-refractivity contribution in [3.63, 3.8) is 0 Å². The number of hydrogen-bond acceptors (Lipinski definition) is 1. The first kappa shape index (κ1) is 17.8. The van der Waals surface area contributed by atoms with Gasteiger partial charge in [0.2, 0.25) is 0 Å². The fraction of sp³-hybridized carbons (Fsp3) is 0.261. The molecule has 1 nitrogen and oxygen atoms in total. The van der Waals surface area contributed by atoms with Crippen LogP contribution in [-0.2, 0) is 11.8 Å². The lowest BCUT2D eigenvalue weighted by Crippen LogP contribution is -2.22. The van der Waals surface area contributed by atoms with Gasteiger partial charge in [0.15, 0.2) is 0 Å². The zero-order chi connectivity index (χ0) is 17.7. The topological polar surface area (TPSA) is 9.23 Å². The van der Waals surface area contributed by atoms with E-state index in [4.69, 9.17) is 4.74 Å². The van der Waals surface area contributed by atoms with Gasteiger partial charge in [-0.05, 0) is 35.3 Å². The average molecular weight is 318 g/mol. The van der Waals surface area contributed by atoms with Gasteiger partial charge in [0.1, 0.15) is 5.75 Å². The predicted molar refractivity (Wildman–Crippen MR) is 105 cm³/mol. The number of ether oxygens (including phenoxy) is 1. The van der Waals surface area contributed by atoms with Crippen LogP contribution in [0.5, 0.6) is 5.75 Å². The molecular weight excluding hydrogens is 292 g/mol. The van der Waals surface area contributed by atoms with Crippen LogP contribution >= 0.6 is 0 Å². The van der Waals surface area contributed by atoms with Crippen LogP contribution in [0.2, 0.25) is 0 Å². The summed E-state index contributed by atoms with van der Waals surface area (Å²) in [5, 5.41) is 0. The molecule has 2 aromatic rings. The van der Waals surface area contributed by atoms with Gasteiger partial charge < -0.3 is 4.74 Å². The van der Waals surface area contributed by atoms with Gasteiger partial charge in [-0.25, -0.2) is 0 Å². The molecule has 0 saturated carbocycles. The van der Waals surface area contributed by atoms with E-state index in [9.17, 15) is 0 Å². The van der Waals surface area contributed by atoms with Crippen LogP contribution in [-0.4, -0.2) is 7.11 Å². The molecule has 124 valence electrons. The minimum absolute atomic E-state index is 0.125. The maximum atomic E-state index is 5.67. The van der Waals surface area contributed by atoms with Crippen molar-refractivity contribution in [2.75, 3.05) is 7.11 Å². The minimum atomic E-state index is -0.125. The molecule has 0 bridgehead atoms. The maximum Gasteiger partial charge on any atom is 0.134 e. The fourth-order valence-corrected chi connectivity index (χ4v) is 3.33. The van der Waals surface area contributed by atoms with E-state index in [1.165, 1.54) is 16.7 Å². The summed E-state index contributed by atoms with van der Waals surface area (Å²) in [6, 6.07) is 12.8. The van der Waals surface area contributed by atoms with E-state index in [1.54, 1.807) is 7.11 Å². The Labute approximate surface area is 146 Å². The number of rotatable bonds is 6. The molecule has 0 heterocycles. The Morgan fingerprint density at radius 1 is 1.21 bits per heavy atom. The van der Waals surface area contributed by atoms with Gasteiger partial charge in [0.25, 0.3) is 0 Å². The van der Waals surface area contributed by atoms with Crippen LogP contribution in [0.15, 0.2) is 55.3 Å². The highest BCUT2D eigenvalue weighted by atomic mass is 16.5. The molecule has 0 fully saturated rings. The molecule has 0 aliphatic heterocycles. The molecule has 0 aliphatic rings. The van der Waals surface area contributed by atoms with Crippen molar-refractivity contribution in [1.29, 1.82) is 0 Å². The van der Waals surface area contributed by atoms with Crippen LogP contribution in [0, 0.1) is 0 Å². The van der Waals surface area contributed by atoms with Crippen molar-refractivity contribution in [2.45, 2.75) is 32.6 Å². The average Bonchev–Trinajstić information content (AvgIpc) is 2.61. The maximum absolute atomic E-state index is 5.67. The highest BCUT2D eigenvalue weighted by molar-refractivity contribution is 5.72. The zero-order valence-electron chi connectivity index (χ0n) is 15.1. The van der Waals surface area contributed by atoms with E-state index in [2.05, 4.69) is 76.1 Å². The Hall–Kier alpha value is -2.50. The largest absolute Gasteiger partial charge is 0.495 e. The normalized spacial score (nSPS) is 10.8. The Kier molecular flexibility index (Phi) is 5.49. The standard InChI is InChI=1S/C23H26O/c1-7-13-20-19(9-3)21(16-17(8-2)22(20)24-6)23(4,5)18-14-11-10-12-15-18/h8,10-16H,1-2,9H2,3-6H3. The van der Waals surface area contributed by atoms with E-state index in [0.29, 0.717) is 0 Å². The van der Waals surface area contributed by atoms with Crippen LogP contribution in [0.1, 0.15) is 48.6 Å². The smallest absolute Gasteiger partial charge is 0.134 e. The highest BCUT2D eigenvalue weighted by Gasteiger charge is 2.28. The predicted octanol–water partition coefficient (Wildman–Crippen LogP) is 6.02. The second kappa shape index (κ2) is 7.38. The SMILES string of the molecule is C=C=Cc1c(CC)c(C(C)(C)c2ccccc2)cc(C=C)c1OC. The Morgan fingerprint density at radius 2 is 1.88 bits per heavy atom. The van der Waals surface area contributed by atoms with Gasteiger partial charge in [-0.15, -0.1) is 5.73 Å². The summed E-state index contributed by atoms with van der Waals surface area (Å²) in [5.74, 6) is 0.839. The molecule has 0 atom stereocenters. The van der Waals surface area contributed by atoms with Crippen molar-refractivity contribution >= 4 is 12.2 Å². The first-order valence-corrected chi connectivity index (χ1v) is 8.29. The van der Waals surface area contributed by atoms with Crippen LogP contribution in [0.25, 0.3) is 12.2 Å². The third-order valence-electron chi connectivity index (χ3n) is 4.65. The molecule has 24 heavy (non-hydrogen) atoms. The van der Waals surface area contributed by atoms with Crippen molar-refractivity contribution < 1.29 is 4.74 Å². The van der Waals surface area contributed by atoms with Crippen molar-refractivity contribution in [3.05, 3.63) is 83.1 Å². The molecule has 0 saturated heterocycles. The van der Waals surface area contributed by atoms with E-state index < -0.39 is 0 Å². The summed E-state index contributed by atoms with van der Waals surface area (Å²) in [4.78, 5) is 0. The summed E-state index contributed by atoms with van der Waals surface area (Å²) < 4.78 is 5.67. The Bertz CT molecular complexity index is 775. The van der Waals surface area contributed by atoms with Crippen LogP contribution in [0.3, 0.4) is 0 Å². The van der Waals surface area contributed by atoms with Gasteiger partial charge in [-0.2, -0.15) is 0 Å². The van der Waals surface area contributed by atoms with Crippen LogP contribution in [0.4, 0.5) is 0 Å². The van der Waals surface area contributed by atoms with Gasteiger partial charge in [-0.1, -0.05) is 70.3 Å². The Balaban J connectivity index is 2.85. The molecule has 0 radical (unpaired) electrons. The van der Waals surface area contributed by atoms with E-state index in [1.807, 2.05) is 12.2 Å². The summed E-state index contributed by atoms with van der Waals surface area (Å²) in [6.45, 7) is 14.4. The number of hydrogen-bond donors (Lipinski definition) is 0. The molecular formula is C23H26O. The molecule has 0 amide bonds. The molecule has 1 heteroatoms. The molecule has 2 rings (SSSR count). The van der Waals surface area contributed by atoms with Gasteiger partial charge in [0.05, 0.1) is 7.11 Å². The molecule has 0 unspecified atom stereocenters. The van der Waals surface area contributed by atoms with Crippen molar-refractivity contribution in [1.82, 2.24) is 0 Å². The lowest BCUT2D eigenvalue weighted by atomic mass is 9.74. The summed E-state index contributed by atoms with van der Waals surface area (Å²) in [7, 11) is 1.70. The minimum Gasteiger partial charge on any atom is -0.495 e. The summed E-state index contributed by atoms with van der Waals surface area (Å²) in [5.41, 5.74) is 8.67. The number of methoxy groups -OCH3 is 1. The first-order chi connectivity index (χ1) is 11.5. The molecule has 0 aliphatic carbocycles. The molecule has 2 aromatic carbocycles. The quantitative estimate of drug-likeness (QED) is 0.591. The lowest BCUT2D eigenvalue weighted by molar-refractivity contribution is 0.411. The third-order valence-corrected chi connectivity index (χ3v) is 4.65. The molecule has 0 N–H and O–H groups in total. The highest BCUT2D eigenvalue weighted by Crippen LogP contribution is 2.40. The van der Waals surface area contributed by atoms with Crippen molar-refractivity contribution in [2.24, 2.45) is 0 Å². The van der Waals surface area contributed by atoms with Crippen LogP contribution < -0.4 is 4.74 Å². The summed E-state index contributed by atoms with van der Waals surface area (Å²) >= 11 is 0. The van der Waals surface area contributed by atoms with Crippen molar-refractivity contribution in [3.8, 4) is 5.75 Å². The van der Waals surface area contributed by atoms with E-state index in [-0.39, 0.29) is 5.41 Å². The van der Waals surface area contributed by atoms with Gasteiger partial charge in [-0.3, -0.25) is 0 Å². The lowest BCUT2D eigenvalue weighted by Gasteiger charge is -2.31. The Morgan fingerprint density at radius 3 is 2.38 bits per heavy atom. The second-order valence-corrected chi connectivity index (χ2v) is 6.34. The number of benzene rings is 2. The second-order valence-electron chi connectivity index (χ2n) is 6.34. The van der Waals surface area contributed by atoms with Gasteiger partial charge in [0, 0.05) is 16.5 Å². The van der Waals surface area contributed by atoms with E-state index >= 15 is 0 Å². The zero-order valence-corrected chi connectivity index (χ0v) is 15.1. The molecule has 0 spiro atoms. The monoisotopic (exact) mass is 318 g/mol. The molecule has 0 aromatic heterocycles. The fourth-order valence-electron chi connectivity index (χ4n) is 3.33. The first-order valence-electron chi connectivity index (χ1n) is 8.29. The van der Waals surface area contributed by atoms with Gasteiger partial charge >= 0.3 is 0 Å². The third kappa shape index (κ3) is 3.09.